The van der Waals surface area contributed by atoms with Gasteiger partial charge in [0.15, 0.2) is 0 Å². The minimum absolute atomic E-state index is 0.0332. The largest absolute Gasteiger partial charge is 0.352 e. The Kier molecular flexibility index (Phi) is 6.14. The molecule has 0 saturated heterocycles. The second kappa shape index (κ2) is 7.38. The summed E-state index contributed by atoms with van der Waals surface area (Å²) in [5.74, 6) is 0.0639. The summed E-state index contributed by atoms with van der Waals surface area (Å²) in [4.78, 5) is 12.4. The van der Waals surface area contributed by atoms with E-state index >= 15 is 0 Å². The van der Waals surface area contributed by atoms with Crippen molar-refractivity contribution in [2.24, 2.45) is 11.1 Å². The minimum atomic E-state index is -0.390. The van der Waals surface area contributed by atoms with Crippen molar-refractivity contribution in [1.82, 2.24) is 5.32 Å². The smallest absolute Gasteiger partial charge is 0.227 e. The maximum absolute atomic E-state index is 12.4. The van der Waals surface area contributed by atoms with Crippen LogP contribution in [0.4, 0.5) is 0 Å². The Labute approximate surface area is 110 Å². The Bertz CT molecular complexity index is 301. The van der Waals surface area contributed by atoms with E-state index in [9.17, 15) is 4.79 Å². The molecule has 3 N–H and O–H groups in total. The SMILES string of the molecule is CCC(CC#N)NC(=O)C1(CN)CCCCCC1. The van der Waals surface area contributed by atoms with Gasteiger partial charge < -0.3 is 11.1 Å². The highest BCUT2D eigenvalue weighted by Crippen LogP contribution is 2.34. The second-order valence-corrected chi connectivity index (χ2v) is 5.34. The van der Waals surface area contributed by atoms with Gasteiger partial charge in [-0.2, -0.15) is 5.26 Å². The number of carbonyl (C=O) groups excluding carboxylic acids is 1. The van der Waals surface area contributed by atoms with Crippen LogP contribution in [0.1, 0.15) is 58.3 Å². The molecule has 18 heavy (non-hydrogen) atoms. The first kappa shape index (κ1) is 15.0. The van der Waals surface area contributed by atoms with Crippen LogP contribution in [0, 0.1) is 16.7 Å². The van der Waals surface area contributed by atoms with Crippen molar-refractivity contribution in [1.29, 1.82) is 5.26 Å². The number of hydrogen-bond acceptors (Lipinski definition) is 3. The summed E-state index contributed by atoms with van der Waals surface area (Å²) in [7, 11) is 0. The van der Waals surface area contributed by atoms with Crippen molar-refractivity contribution in [3.8, 4) is 6.07 Å². The van der Waals surface area contributed by atoms with Gasteiger partial charge >= 0.3 is 0 Å². The molecule has 4 nitrogen and oxygen atoms in total. The minimum Gasteiger partial charge on any atom is -0.352 e. The first-order chi connectivity index (χ1) is 8.68. The van der Waals surface area contributed by atoms with Crippen LogP contribution in [0.2, 0.25) is 0 Å². The Morgan fingerprint density at radius 3 is 2.44 bits per heavy atom. The number of rotatable bonds is 5. The highest BCUT2D eigenvalue weighted by Gasteiger charge is 2.37. The van der Waals surface area contributed by atoms with Crippen molar-refractivity contribution in [3.63, 3.8) is 0 Å². The van der Waals surface area contributed by atoms with E-state index in [1.165, 1.54) is 12.8 Å². The third kappa shape index (κ3) is 3.71. The van der Waals surface area contributed by atoms with E-state index in [1.54, 1.807) is 0 Å². The molecule has 0 aromatic carbocycles. The zero-order chi connectivity index (χ0) is 13.4. The number of nitrogens with zero attached hydrogens (tertiary/aromatic N) is 1. The van der Waals surface area contributed by atoms with Crippen molar-refractivity contribution >= 4 is 5.91 Å². The van der Waals surface area contributed by atoms with Gasteiger partial charge in [-0.1, -0.05) is 32.6 Å². The first-order valence-electron chi connectivity index (χ1n) is 7.06. The van der Waals surface area contributed by atoms with E-state index in [0.29, 0.717) is 13.0 Å². The van der Waals surface area contributed by atoms with Gasteiger partial charge in [-0.05, 0) is 19.3 Å². The molecule has 0 heterocycles. The second-order valence-electron chi connectivity index (χ2n) is 5.34. The van der Waals surface area contributed by atoms with E-state index in [4.69, 9.17) is 11.0 Å². The average Bonchev–Trinajstić information content (AvgIpc) is 2.64. The summed E-state index contributed by atoms with van der Waals surface area (Å²) in [6.45, 7) is 2.41. The monoisotopic (exact) mass is 251 g/mol. The Morgan fingerprint density at radius 1 is 1.39 bits per heavy atom. The topological polar surface area (TPSA) is 78.9 Å². The van der Waals surface area contributed by atoms with Gasteiger partial charge in [0, 0.05) is 12.6 Å². The van der Waals surface area contributed by atoms with Crippen molar-refractivity contribution in [3.05, 3.63) is 0 Å². The lowest BCUT2D eigenvalue weighted by molar-refractivity contribution is -0.132. The van der Waals surface area contributed by atoms with Crippen LogP contribution in [-0.4, -0.2) is 18.5 Å². The molecular weight excluding hydrogens is 226 g/mol. The average molecular weight is 251 g/mol. The quantitative estimate of drug-likeness (QED) is 0.734. The van der Waals surface area contributed by atoms with Gasteiger partial charge in [0.1, 0.15) is 0 Å². The fourth-order valence-electron chi connectivity index (χ4n) is 2.68. The highest BCUT2D eigenvalue weighted by molar-refractivity contribution is 5.83. The van der Waals surface area contributed by atoms with Crippen LogP contribution in [0.5, 0.6) is 0 Å². The Balaban J connectivity index is 2.68. The molecule has 102 valence electrons. The number of nitrogens with one attached hydrogen (secondary N) is 1. The number of nitriles is 1. The predicted octanol–water partition coefficient (Wildman–Crippen LogP) is 2.09. The van der Waals surface area contributed by atoms with Crippen LogP contribution < -0.4 is 11.1 Å². The van der Waals surface area contributed by atoms with E-state index < -0.39 is 0 Å². The van der Waals surface area contributed by atoms with Crippen LogP contribution >= 0.6 is 0 Å². The maximum Gasteiger partial charge on any atom is 0.227 e. The Morgan fingerprint density at radius 2 is 2.00 bits per heavy atom. The first-order valence-corrected chi connectivity index (χ1v) is 7.06. The van der Waals surface area contributed by atoms with Crippen molar-refractivity contribution < 1.29 is 4.79 Å². The van der Waals surface area contributed by atoms with Gasteiger partial charge in [-0.15, -0.1) is 0 Å². The molecule has 1 rings (SSSR count). The zero-order valence-corrected chi connectivity index (χ0v) is 11.4. The van der Waals surface area contributed by atoms with Gasteiger partial charge in [-0.3, -0.25) is 4.79 Å². The molecule has 1 saturated carbocycles. The molecule has 1 aliphatic carbocycles. The molecule has 4 heteroatoms. The molecule has 0 radical (unpaired) electrons. The van der Waals surface area contributed by atoms with E-state index in [-0.39, 0.29) is 17.4 Å². The Hall–Kier alpha value is -1.08. The van der Waals surface area contributed by atoms with Crippen molar-refractivity contribution in [2.45, 2.75) is 64.3 Å². The van der Waals surface area contributed by atoms with Crippen LogP contribution in [0.3, 0.4) is 0 Å². The highest BCUT2D eigenvalue weighted by atomic mass is 16.2. The summed E-state index contributed by atoms with van der Waals surface area (Å²) >= 11 is 0. The van der Waals surface area contributed by atoms with Gasteiger partial charge in [0.25, 0.3) is 0 Å². The van der Waals surface area contributed by atoms with Crippen LogP contribution in [-0.2, 0) is 4.79 Å². The lowest BCUT2D eigenvalue weighted by atomic mass is 9.79. The van der Waals surface area contributed by atoms with Gasteiger partial charge in [0.05, 0.1) is 17.9 Å². The molecule has 0 aliphatic heterocycles. The molecular formula is C14H25N3O. The zero-order valence-electron chi connectivity index (χ0n) is 11.4. The molecule has 1 atom stereocenters. The molecule has 1 aliphatic rings. The van der Waals surface area contributed by atoms with Crippen LogP contribution in [0.25, 0.3) is 0 Å². The summed E-state index contributed by atoms with van der Waals surface area (Å²) in [6.07, 6.45) is 7.51. The fraction of sp³-hybridized carbons (Fsp3) is 0.857. The molecule has 0 aromatic heterocycles. The van der Waals surface area contributed by atoms with E-state index in [2.05, 4.69) is 11.4 Å². The molecule has 0 spiro atoms. The van der Waals surface area contributed by atoms with Gasteiger partial charge in [-0.25, -0.2) is 0 Å². The van der Waals surface area contributed by atoms with E-state index in [1.807, 2.05) is 6.92 Å². The molecule has 1 unspecified atom stereocenters. The fourth-order valence-corrected chi connectivity index (χ4v) is 2.68. The predicted molar refractivity (Wildman–Crippen MR) is 71.6 cm³/mol. The molecule has 1 fully saturated rings. The lowest BCUT2D eigenvalue weighted by Gasteiger charge is -2.31. The van der Waals surface area contributed by atoms with Crippen molar-refractivity contribution in [2.75, 3.05) is 6.54 Å². The normalized spacial score (nSPS) is 20.5. The molecule has 0 bridgehead atoms. The number of carbonyl (C=O) groups is 1. The number of hydrogen-bond donors (Lipinski definition) is 2. The lowest BCUT2D eigenvalue weighted by Crippen LogP contribution is -2.49. The standard InChI is InChI=1S/C14H25N3O/c1-2-12(7-10-15)17-13(18)14(11-16)8-5-3-4-6-9-14/h12H,2-9,11,16H2,1H3,(H,17,18). The number of amides is 1. The summed E-state index contributed by atoms with van der Waals surface area (Å²) < 4.78 is 0. The third-order valence-corrected chi connectivity index (χ3v) is 4.10. The van der Waals surface area contributed by atoms with E-state index in [0.717, 1.165) is 32.1 Å². The summed E-state index contributed by atoms with van der Waals surface area (Å²) in [6, 6.07) is 2.09. The summed E-state index contributed by atoms with van der Waals surface area (Å²) in [5, 5.41) is 11.7. The third-order valence-electron chi connectivity index (χ3n) is 4.10. The number of nitrogens with two attached hydrogens (primary N) is 1. The maximum atomic E-state index is 12.4. The van der Waals surface area contributed by atoms with Crippen LogP contribution in [0.15, 0.2) is 0 Å². The molecule has 0 aromatic rings. The molecule has 1 amide bonds. The summed E-state index contributed by atoms with van der Waals surface area (Å²) in [5.41, 5.74) is 5.48. The van der Waals surface area contributed by atoms with Gasteiger partial charge in [0.2, 0.25) is 5.91 Å².